The van der Waals surface area contributed by atoms with E-state index < -0.39 is 0 Å². The van der Waals surface area contributed by atoms with Gasteiger partial charge in [-0.1, -0.05) is 12.8 Å². The van der Waals surface area contributed by atoms with E-state index in [-0.39, 0.29) is 18.1 Å². The SMILES string of the molecule is Nc1cc2c(cc1NC1(CO)CCCC1)CCC(=O)N2. The predicted octanol–water partition coefficient (Wildman–Crippen LogP) is 1.87. The van der Waals surface area contributed by atoms with Crippen LogP contribution in [0, 0.1) is 0 Å². The van der Waals surface area contributed by atoms with Gasteiger partial charge in [0, 0.05) is 12.1 Å². The lowest BCUT2D eigenvalue weighted by Crippen LogP contribution is -2.39. The molecule has 1 fully saturated rings. The van der Waals surface area contributed by atoms with Gasteiger partial charge in [-0.3, -0.25) is 4.79 Å². The Balaban J connectivity index is 1.88. The number of aliphatic hydroxyl groups is 1. The number of benzene rings is 1. The van der Waals surface area contributed by atoms with Gasteiger partial charge in [0.2, 0.25) is 5.91 Å². The summed E-state index contributed by atoms with van der Waals surface area (Å²) in [7, 11) is 0. The van der Waals surface area contributed by atoms with Crippen LogP contribution in [0.2, 0.25) is 0 Å². The summed E-state index contributed by atoms with van der Waals surface area (Å²) in [6.07, 6.45) is 5.46. The largest absolute Gasteiger partial charge is 0.397 e. The van der Waals surface area contributed by atoms with E-state index in [9.17, 15) is 9.90 Å². The van der Waals surface area contributed by atoms with Gasteiger partial charge in [0.15, 0.2) is 0 Å². The molecule has 1 saturated carbocycles. The molecule has 0 saturated heterocycles. The first-order valence-electron chi connectivity index (χ1n) is 7.23. The lowest BCUT2D eigenvalue weighted by Gasteiger charge is -2.31. The quantitative estimate of drug-likeness (QED) is 0.634. The summed E-state index contributed by atoms with van der Waals surface area (Å²) < 4.78 is 0. The number of hydrogen-bond donors (Lipinski definition) is 4. The van der Waals surface area contributed by atoms with Gasteiger partial charge in [-0.2, -0.15) is 0 Å². The van der Waals surface area contributed by atoms with Crippen LogP contribution >= 0.6 is 0 Å². The fourth-order valence-corrected chi connectivity index (χ4v) is 3.21. The number of rotatable bonds is 3. The van der Waals surface area contributed by atoms with E-state index in [2.05, 4.69) is 10.6 Å². The van der Waals surface area contributed by atoms with E-state index >= 15 is 0 Å². The average Bonchev–Trinajstić information content (AvgIpc) is 2.89. The Kier molecular flexibility index (Phi) is 3.30. The summed E-state index contributed by atoms with van der Waals surface area (Å²) in [4.78, 5) is 11.4. The normalized spacial score (nSPS) is 20.4. The minimum Gasteiger partial charge on any atom is -0.397 e. The van der Waals surface area contributed by atoms with E-state index in [1.807, 2.05) is 12.1 Å². The molecule has 5 N–H and O–H groups in total. The molecule has 1 aliphatic carbocycles. The molecule has 5 nitrogen and oxygen atoms in total. The Bertz CT molecular complexity index is 536. The molecule has 0 spiro atoms. The summed E-state index contributed by atoms with van der Waals surface area (Å²) in [6.45, 7) is 0.125. The Morgan fingerprint density at radius 1 is 1.30 bits per heavy atom. The third kappa shape index (κ3) is 2.33. The number of nitrogens with one attached hydrogen (secondary N) is 2. The van der Waals surface area contributed by atoms with Crippen molar-refractivity contribution in [3.8, 4) is 0 Å². The zero-order chi connectivity index (χ0) is 14.2. The monoisotopic (exact) mass is 275 g/mol. The van der Waals surface area contributed by atoms with Crippen LogP contribution in [0.4, 0.5) is 17.1 Å². The highest BCUT2D eigenvalue weighted by Crippen LogP contribution is 2.37. The summed E-state index contributed by atoms with van der Waals surface area (Å²) >= 11 is 0. The molecule has 0 radical (unpaired) electrons. The zero-order valence-corrected chi connectivity index (χ0v) is 11.5. The Hall–Kier alpha value is -1.75. The molecule has 0 bridgehead atoms. The molecule has 108 valence electrons. The van der Waals surface area contributed by atoms with Crippen molar-refractivity contribution in [2.45, 2.75) is 44.1 Å². The summed E-state index contributed by atoms with van der Waals surface area (Å²) in [6, 6.07) is 3.83. The number of nitrogen functional groups attached to an aromatic ring is 1. The standard InChI is InChI=1S/C15H21N3O2/c16-11-8-12-10(3-4-14(20)17-12)7-13(11)18-15(9-19)5-1-2-6-15/h7-8,18-19H,1-6,9,16H2,(H,17,20). The van der Waals surface area contributed by atoms with Gasteiger partial charge in [-0.25, -0.2) is 0 Å². The lowest BCUT2D eigenvalue weighted by atomic mass is 9.96. The van der Waals surface area contributed by atoms with Crippen LogP contribution in [0.3, 0.4) is 0 Å². The van der Waals surface area contributed by atoms with Crippen LogP contribution in [-0.4, -0.2) is 23.2 Å². The molecule has 3 rings (SSSR count). The number of carbonyl (C=O) groups excluding carboxylic acids is 1. The number of anilines is 3. The topological polar surface area (TPSA) is 87.4 Å². The van der Waals surface area contributed by atoms with Crippen molar-refractivity contribution < 1.29 is 9.90 Å². The maximum absolute atomic E-state index is 11.4. The number of amides is 1. The van der Waals surface area contributed by atoms with Crippen LogP contribution in [0.15, 0.2) is 12.1 Å². The molecule has 1 aliphatic heterocycles. The summed E-state index contributed by atoms with van der Waals surface area (Å²) in [5.74, 6) is 0.0419. The van der Waals surface area contributed by atoms with E-state index in [0.717, 1.165) is 49.0 Å². The number of aliphatic hydroxyl groups excluding tert-OH is 1. The van der Waals surface area contributed by atoms with Crippen molar-refractivity contribution in [2.75, 3.05) is 23.0 Å². The summed E-state index contributed by atoms with van der Waals surface area (Å²) in [5.41, 5.74) is 9.26. The molecule has 2 aliphatic rings. The van der Waals surface area contributed by atoms with Gasteiger partial charge < -0.3 is 21.5 Å². The lowest BCUT2D eigenvalue weighted by molar-refractivity contribution is -0.116. The Morgan fingerprint density at radius 2 is 2.05 bits per heavy atom. The Morgan fingerprint density at radius 3 is 2.75 bits per heavy atom. The third-order valence-corrected chi connectivity index (χ3v) is 4.43. The van der Waals surface area contributed by atoms with Crippen molar-refractivity contribution in [2.24, 2.45) is 0 Å². The van der Waals surface area contributed by atoms with Crippen LogP contribution in [-0.2, 0) is 11.2 Å². The Labute approximate surface area is 118 Å². The van der Waals surface area contributed by atoms with Crippen LogP contribution in [0.1, 0.15) is 37.7 Å². The molecule has 5 heteroatoms. The third-order valence-electron chi connectivity index (χ3n) is 4.43. The maximum atomic E-state index is 11.4. The van der Waals surface area contributed by atoms with Gasteiger partial charge in [-0.15, -0.1) is 0 Å². The molecule has 0 atom stereocenters. The van der Waals surface area contributed by atoms with Crippen molar-refractivity contribution in [1.82, 2.24) is 0 Å². The minimum absolute atomic E-state index is 0.0419. The summed E-state index contributed by atoms with van der Waals surface area (Å²) in [5, 5.41) is 16.0. The molecule has 1 aromatic rings. The van der Waals surface area contributed by atoms with Crippen LogP contribution < -0.4 is 16.4 Å². The first-order valence-corrected chi connectivity index (χ1v) is 7.23. The van der Waals surface area contributed by atoms with Crippen molar-refractivity contribution in [3.05, 3.63) is 17.7 Å². The molecule has 1 amide bonds. The van der Waals surface area contributed by atoms with E-state index in [4.69, 9.17) is 5.73 Å². The fraction of sp³-hybridized carbons (Fsp3) is 0.533. The zero-order valence-electron chi connectivity index (χ0n) is 11.5. The van der Waals surface area contributed by atoms with Gasteiger partial charge in [0.1, 0.15) is 0 Å². The number of fused-ring (bicyclic) bond motifs is 1. The van der Waals surface area contributed by atoms with Gasteiger partial charge in [0.25, 0.3) is 0 Å². The smallest absolute Gasteiger partial charge is 0.224 e. The first kappa shape index (κ1) is 13.2. The van der Waals surface area contributed by atoms with Crippen molar-refractivity contribution in [1.29, 1.82) is 0 Å². The highest BCUT2D eigenvalue weighted by Gasteiger charge is 2.33. The highest BCUT2D eigenvalue weighted by molar-refractivity contribution is 5.95. The van der Waals surface area contributed by atoms with Crippen LogP contribution in [0.5, 0.6) is 0 Å². The molecule has 1 heterocycles. The molecule has 1 aromatic carbocycles. The molecule has 0 unspecified atom stereocenters. The highest BCUT2D eigenvalue weighted by atomic mass is 16.3. The van der Waals surface area contributed by atoms with E-state index in [1.54, 1.807) is 0 Å². The number of hydrogen-bond acceptors (Lipinski definition) is 4. The second kappa shape index (κ2) is 4.98. The molecular formula is C15H21N3O2. The van der Waals surface area contributed by atoms with Crippen molar-refractivity contribution in [3.63, 3.8) is 0 Å². The van der Waals surface area contributed by atoms with Crippen molar-refractivity contribution >= 4 is 23.0 Å². The number of carbonyl (C=O) groups is 1. The average molecular weight is 275 g/mol. The minimum atomic E-state index is -0.236. The van der Waals surface area contributed by atoms with Gasteiger partial charge >= 0.3 is 0 Å². The van der Waals surface area contributed by atoms with Gasteiger partial charge in [-0.05, 0) is 37.0 Å². The van der Waals surface area contributed by atoms with E-state index in [0.29, 0.717) is 12.1 Å². The fourth-order valence-electron chi connectivity index (χ4n) is 3.21. The van der Waals surface area contributed by atoms with Crippen LogP contribution in [0.25, 0.3) is 0 Å². The molecule has 20 heavy (non-hydrogen) atoms. The second-order valence-corrected chi connectivity index (χ2v) is 5.92. The van der Waals surface area contributed by atoms with E-state index in [1.165, 1.54) is 0 Å². The molecular weight excluding hydrogens is 254 g/mol. The number of nitrogens with two attached hydrogens (primary N) is 1. The predicted molar refractivity (Wildman–Crippen MR) is 79.7 cm³/mol. The second-order valence-electron chi connectivity index (χ2n) is 5.92. The molecule has 0 aromatic heterocycles. The first-order chi connectivity index (χ1) is 9.62. The van der Waals surface area contributed by atoms with Gasteiger partial charge in [0.05, 0.1) is 23.5 Å². The maximum Gasteiger partial charge on any atom is 0.224 e. The number of aryl methyl sites for hydroxylation is 1.